The molecular formula is C8H10N4. The molecule has 12 heavy (non-hydrogen) atoms. The van der Waals surface area contributed by atoms with E-state index >= 15 is 0 Å². The predicted octanol–water partition coefficient (Wildman–Crippen LogP) is 1.08. The molecule has 0 aromatic carbocycles. The molecular weight excluding hydrogens is 152 g/mol. The molecule has 0 N–H and O–H groups in total. The van der Waals surface area contributed by atoms with Crippen LogP contribution in [0, 0.1) is 0 Å². The summed E-state index contributed by atoms with van der Waals surface area (Å²) >= 11 is 0. The van der Waals surface area contributed by atoms with E-state index in [1.165, 1.54) is 0 Å². The minimum atomic E-state index is 0.869. The summed E-state index contributed by atoms with van der Waals surface area (Å²) in [5, 5.41) is 4.25. The summed E-state index contributed by atoms with van der Waals surface area (Å²) in [6.07, 6.45) is 5.40. The van der Waals surface area contributed by atoms with E-state index < -0.39 is 0 Å². The zero-order valence-corrected chi connectivity index (χ0v) is 6.94. The van der Waals surface area contributed by atoms with Crippen LogP contribution in [0.15, 0.2) is 18.6 Å². The minimum Gasteiger partial charge on any atom is -0.245 e. The first-order chi connectivity index (χ1) is 5.90. The van der Waals surface area contributed by atoms with Gasteiger partial charge in [0.2, 0.25) is 0 Å². The highest BCUT2D eigenvalue weighted by molar-refractivity contribution is 5.34. The van der Waals surface area contributed by atoms with Crippen LogP contribution in [-0.2, 0) is 6.42 Å². The number of nitrogens with zero attached hydrogens (tertiary/aromatic N) is 4. The summed E-state index contributed by atoms with van der Waals surface area (Å²) in [6, 6.07) is 1.85. The molecule has 62 valence electrons. The van der Waals surface area contributed by atoms with E-state index in [0.717, 1.165) is 24.3 Å². The largest absolute Gasteiger partial charge is 0.245 e. The summed E-state index contributed by atoms with van der Waals surface area (Å²) in [5.74, 6) is 0.894. The van der Waals surface area contributed by atoms with E-state index in [1.54, 1.807) is 17.0 Å². The van der Waals surface area contributed by atoms with Gasteiger partial charge in [0.05, 0.1) is 0 Å². The molecule has 2 rings (SSSR count). The Bertz CT molecular complexity index is 346. The van der Waals surface area contributed by atoms with Gasteiger partial charge in [0.25, 0.3) is 0 Å². The van der Waals surface area contributed by atoms with Gasteiger partial charge in [-0.15, -0.1) is 5.10 Å². The van der Waals surface area contributed by atoms with Crippen molar-refractivity contribution in [2.75, 3.05) is 0 Å². The second kappa shape index (κ2) is 2.89. The van der Waals surface area contributed by atoms with Crippen molar-refractivity contribution in [2.24, 2.45) is 0 Å². The quantitative estimate of drug-likeness (QED) is 0.663. The van der Waals surface area contributed by atoms with Gasteiger partial charge in [-0.2, -0.15) is 0 Å². The highest BCUT2D eigenvalue weighted by atomic mass is 15.3. The Morgan fingerprint density at radius 2 is 2.42 bits per heavy atom. The van der Waals surface area contributed by atoms with Crippen molar-refractivity contribution >= 4 is 5.65 Å². The van der Waals surface area contributed by atoms with Gasteiger partial charge < -0.3 is 0 Å². The van der Waals surface area contributed by atoms with Gasteiger partial charge >= 0.3 is 0 Å². The molecule has 0 bridgehead atoms. The van der Waals surface area contributed by atoms with Crippen molar-refractivity contribution in [2.45, 2.75) is 19.8 Å². The number of hydrogen-bond acceptors (Lipinski definition) is 3. The van der Waals surface area contributed by atoms with Gasteiger partial charge in [-0.25, -0.2) is 14.5 Å². The Hall–Kier alpha value is -1.45. The van der Waals surface area contributed by atoms with Gasteiger partial charge in [-0.1, -0.05) is 6.92 Å². The maximum Gasteiger partial charge on any atom is 0.158 e. The minimum absolute atomic E-state index is 0.869. The average Bonchev–Trinajstić information content (AvgIpc) is 2.47. The van der Waals surface area contributed by atoms with E-state index in [0.29, 0.717) is 0 Å². The van der Waals surface area contributed by atoms with E-state index in [-0.39, 0.29) is 0 Å². The van der Waals surface area contributed by atoms with Crippen molar-refractivity contribution in [3.8, 4) is 0 Å². The molecule has 0 amide bonds. The molecule has 4 heteroatoms. The molecule has 0 saturated heterocycles. The monoisotopic (exact) mass is 162 g/mol. The molecule has 4 nitrogen and oxygen atoms in total. The van der Waals surface area contributed by atoms with E-state index in [4.69, 9.17) is 0 Å². The van der Waals surface area contributed by atoms with E-state index in [1.807, 2.05) is 6.07 Å². The number of aromatic nitrogens is 4. The summed E-state index contributed by atoms with van der Waals surface area (Å²) in [6.45, 7) is 2.12. The molecule has 0 spiro atoms. The van der Waals surface area contributed by atoms with E-state index in [9.17, 15) is 0 Å². The van der Waals surface area contributed by atoms with Crippen LogP contribution in [0.5, 0.6) is 0 Å². The zero-order valence-electron chi connectivity index (χ0n) is 6.94. The maximum absolute atomic E-state index is 4.31. The van der Waals surface area contributed by atoms with Crippen molar-refractivity contribution in [1.29, 1.82) is 0 Å². The van der Waals surface area contributed by atoms with Crippen LogP contribution in [0.2, 0.25) is 0 Å². The summed E-state index contributed by atoms with van der Waals surface area (Å²) in [4.78, 5) is 8.26. The van der Waals surface area contributed by atoms with Crippen molar-refractivity contribution in [3.05, 3.63) is 24.4 Å². The van der Waals surface area contributed by atoms with Crippen LogP contribution >= 0.6 is 0 Å². The lowest BCUT2D eigenvalue weighted by atomic mass is 10.3. The van der Waals surface area contributed by atoms with Crippen LogP contribution in [0.4, 0.5) is 0 Å². The third-order valence-electron chi connectivity index (χ3n) is 1.66. The molecule has 0 radical (unpaired) electrons. The van der Waals surface area contributed by atoms with Gasteiger partial charge in [0.1, 0.15) is 6.33 Å². The normalized spacial score (nSPS) is 10.8. The average molecular weight is 162 g/mol. The van der Waals surface area contributed by atoms with Crippen LogP contribution < -0.4 is 0 Å². The summed E-state index contributed by atoms with van der Waals surface area (Å²) in [7, 11) is 0. The van der Waals surface area contributed by atoms with Crippen molar-refractivity contribution in [3.63, 3.8) is 0 Å². The lowest BCUT2D eigenvalue weighted by Gasteiger charge is -1.84. The third-order valence-corrected chi connectivity index (χ3v) is 1.66. The second-order valence-electron chi connectivity index (χ2n) is 2.66. The number of aryl methyl sites for hydroxylation is 1. The van der Waals surface area contributed by atoms with Crippen LogP contribution in [0.3, 0.4) is 0 Å². The summed E-state index contributed by atoms with van der Waals surface area (Å²) in [5.41, 5.74) is 0.869. The van der Waals surface area contributed by atoms with Crippen molar-refractivity contribution in [1.82, 2.24) is 19.6 Å². The van der Waals surface area contributed by atoms with Gasteiger partial charge in [-0.05, 0) is 6.42 Å². The van der Waals surface area contributed by atoms with Gasteiger partial charge in [0.15, 0.2) is 11.5 Å². The third kappa shape index (κ3) is 1.15. The molecule has 0 atom stereocenters. The maximum atomic E-state index is 4.31. The fraction of sp³-hybridized carbons (Fsp3) is 0.375. The number of rotatable bonds is 2. The fourth-order valence-corrected chi connectivity index (χ4v) is 1.12. The Morgan fingerprint density at radius 1 is 1.50 bits per heavy atom. The lowest BCUT2D eigenvalue weighted by molar-refractivity contribution is 0.811. The van der Waals surface area contributed by atoms with Crippen LogP contribution in [0.1, 0.15) is 19.2 Å². The molecule has 0 aliphatic rings. The molecule has 0 saturated carbocycles. The van der Waals surface area contributed by atoms with Crippen LogP contribution in [-0.4, -0.2) is 19.6 Å². The number of hydrogen-bond donors (Lipinski definition) is 0. The van der Waals surface area contributed by atoms with Crippen molar-refractivity contribution < 1.29 is 0 Å². The first kappa shape index (κ1) is 7.21. The first-order valence-electron chi connectivity index (χ1n) is 4.05. The highest BCUT2D eigenvalue weighted by Crippen LogP contribution is 2.00. The molecule has 0 aliphatic carbocycles. The molecule has 0 fully saturated rings. The lowest BCUT2D eigenvalue weighted by Crippen LogP contribution is -1.89. The molecule has 2 aromatic heterocycles. The molecule has 2 heterocycles. The fourth-order valence-electron chi connectivity index (χ4n) is 1.12. The van der Waals surface area contributed by atoms with Crippen LogP contribution in [0.25, 0.3) is 5.65 Å². The number of fused-ring (bicyclic) bond motifs is 1. The highest BCUT2D eigenvalue weighted by Gasteiger charge is 2.00. The molecule has 0 aliphatic heterocycles. The predicted molar refractivity (Wildman–Crippen MR) is 44.8 cm³/mol. The summed E-state index contributed by atoms with van der Waals surface area (Å²) < 4.78 is 1.70. The topological polar surface area (TPSA) is 43.1 Å². The van der Waals surface area contributed by atoms with Gasteiger partial charge in [0, 0.05) is 18.7 Å². The van der Waals surface area contributed by atoms with E-state index in [2.05, 4.69) is 22.0 Å². The zero-order chi connectivity index (χ0) is 8.39. The second-order valence-corrected chi connectivity index (χ2v) is 2.66. The SMILES string of the molecule is CCCc1nc2ccncn2n1. The molecule has 2 aromatic rings. The molecule has 0 unspecified atom stereocenters. The standard InChI is InChI=1S/C8H10N4/c1-2-3-7-10-8-4-5-9-6-12(8)11-7/h4-6H,2-3H2,1H3. The Labute approximate surface area is 70.3 Å². The van der Waals surface area contributed by atoms with Gasteiger partial charge in [-0.3, -0.25) is 0 Å². The Balaban J connectivity index is 2.47. The Morgan fingerprint density at radius 3 is 3.17 bits per heavy atom. The first-order valence-corrected chi connectivity index (χ1v) is 4.05. The Kier molecular flexibility index (Phi) is 1.74. The smallest absolute Gasteiger partial charge is 0.158 e.